The van der Waals surface area contributed by atoms with Gasteiger partial charge in [-0.1, -0.05) is 0 Å². The van der Waals surface area contributed by atoms with Crippen molar-refractivity contribution in [3.05, 3.63) is 51.8 Å². The van der Waals surface area contributed by atoms with Crippen LogP contribution in [0.2, 0.25) is 0 Å². The molecule has 1 fully saturated rings. The Morgan fingerprint density at radius 2 is 2.04 bits per heavy atom. The topological polar surface area (TPSA) is 85.8 Å². The molecule has 120 valence electrons. The van der Waals surface area contributed by atoms with E-state index in [9.17, 15) is 14.9 Å². The van der Waals surface area contributed by atoms with Crippen LogP contribution in [-0.2, 0) is 4.74 Å². The third-order valence-corrected chi connectivity index (χ3v) is 3.91. The maximum Gasteiger partial charge on any atom is 0.273 e. The van der Waals surface area contributed by atoms with E-state index in [1.54, 1.807) is 30.0 Å². The zero-order valence-electron chi connectivity index (χ0n) is 12.7. The Labute approximate surface area is 132 Å². The minimum Gasteiger partial charge on any atom is -0.464 e. The number of carbonyl (C=O) groups excluding carboxylic acids is 1. The molecular weight excluding hydrogens is 300 g/mol. The van der Waals surface area contributed by atoms with Crippen molar-refractivity contribution in [1.82, 2.24) is 4.90 Å². The zero-order valence-corrected chi connectivity index (χ0v) is 12.7. The average Bonchev–Trinajstić information content (AvgIpc) is 3.09. The number of hydrogen-bond donors (Lipinski definition) is 0. The molecule has 1 aliphatic rings. The van der Waals surface area contributed by atoms with Gasteiger partial charge in [0.1, 0.15) is 5.76 Å². The quantitative estimate of drug-likeness (QED) is 0.642. The number of hydrogen-bond acceptors (Lipinski definition) is 5. The van der Waals surface area contributed by atoms with Crippen LogP contribution in [0.3, 0.4) is 0 Å². The fraction of sp³-hybridized carbons (Fsp3) is 0.312. The molecule has 0 bridgehead atoms. The summed E-state index contributed by atoms with van der Waals surface area (Å²) in [6.45, 7) is 3.57. The molecule has 7 heteroatoms. The Balaban J connectivity index is 2.06. The van der Waals surface area contributed by atoms with Crippen LogP contribution in [0.15, 0.2) is 34.9 Å². The van der Waals surface area contributed by atoms with Crippen molar-refractivity contribution in [3.8, 4) is 11.3 Å². The highest BCUT2D eigenvalue weighted by Gasteiger charge is 2.24. The lowest BCUT2D eigenvalue weighted by molar-refractivity contribution is -0.385. The largest absolute Gasteiger partial charge is 0.464 e. The summed E-state index contributed by atoms with van der Waals surface area (Å²) in [5.41, 5.74) is 1.23. The van der Waals surface area contributed by atoms with Gasteiger partial charge in [0.2, 0.25) is 0 Å². The Bertz CT molecular complexity index is 733. The number of nitro groups is 1. The molecule has 1 aliphatic heterocycles. The summed E-state index contributed by atoms with van der Waals surface area (Å²) in [5.74, 6) is 0.270. The highest BCUT2D eigenvalue weighted by atomic mass is 16.6. The fourth-order valence-electron chi connectivity index (χ4n) is 2.65. The van der Waals surface area contributed by atoms with Crippen LogP contribution in [0.4, 0.5) is 5.69 Å². The number of morpholine rings is 1. The van der Waals surface area contributed by atoms with Crippen molar-refractivity contribution in [2.24, 2.45) is 0 Å². The molecule has 0 saturated carbocycles. The number of nitro benzene ring substituents is 1. The van der Waals surface area contributed by atoms with E-state index in [-0.39, 0.29) is 17.2 Å². The summed E-state index contributed by atoms with van der Waals surface area (Å²) < 4.78 is 10.6. The van der Waals surface area contributed by atoms with Gasteiger partial charge < -0.3 is 14.1 Å². The number of furan rings is 1. The zero-order chi connectivity index (χ0) is 16.4. The molecule has 1 amide bonds. The first kappa shape index (κ1) is 15.2. The minimum absolute atomic E-state index is 0.0875. The number of nitrogens with zero attached hydrogens (tertiary/aromatic N) is 2. The molecule has 0 unspecified atom stereocenters. The maximum absolute atomic E-state index is 12.6. The molecule has 7 nitrogen and oxygen atoms in total. The normalized spacial score (nSPS) is 14.7. The monoisotopic (exact) mass is 316 g/mol. The number of benzene rings is 1. The van der Waals surface area contributed by atoms with Gasteiger partial charge in [0.25, 0.3) is 11.6 Å². The van der Waals surface area contributed by atoms with E-state index in [0.29, 0.717) is 43.2 Å². The molecule has 1 saturated heterocycles. The molecular formula is C16H16N2O5. The number of ether oxygens (including phenoxy) is 1. The van der Waals surface area contributed by atoms with Crippen LogP contribution in [0, 0.1) is 17.0 Å². The van der Waals surface area contributed by atoms with Crippen LogP contribution in [0.5, 0.6) is 0 Å². The number of amides is 1. The van der Waals surface area contributed by atoms with E-state index in [1.165, 1.54) is 12.3 Å². The molecule has 0 atom stereocenters. The van der Waals surface area contributed by atoms with Crippen LogP contribution in [-0.4, -0.2) is 42.0 Å². The number of carbonyl (C=O) groups is 1. The summed E-state index contributed by atoms with van der Waals surface area (Å²) in [6, 6.07) is 6.41. The smallest absolute Gasteiger partial charge is 0.273 e. The highest BCUT2D eigenvalue weighted by molar-refractivity contribution is 5.96. The van der Waals surface area contributed by atoms with Gasteiger partial charge in [-0.05, 0) is 25.1 Å². The molecule has 2 heterocycles. The molecule has 0 spiro atoms. The van der Waals surface area contributed by atoms with Gasteiger partial charge in [0.15, 0.2) is 0 Å². The van der Waals surface area contributed by atoms with Crippen molar-refractivity contribution >= 4 is 11.6 Å². The summed E-state index contributed by atoms with van der Waals surface area (Å²) in [4.78, 5) is 25.1. The molecule has 0 radical (unpaired) electrons. The summed E-state index contributed by atoms with van der Waals surface area (Å²) in [7, 11) is 0. The van der Waals surface area contributed by atoms with Crippen LogP contribution in [0.25, 0.3) is 11.3 Å². The first-order chi connectivity index (χ1) is 11.1. The molecule has 1 aromatic heterocycles. The second kappa shape index (κ2) is 6.21. The molecule has 2 aromatic rings. The van der Waals surface area contributed by atoms with E-state index < -0.39 is 4.92 Å². The fourth-order valence-corrected chi connectivity index (χ4v) is 2.65. The minimum atomic E-state index is -0.474. The Kier molecular flexibility index (Phi) is 4.12. The predicted molar refractivity (Wildman–Crippen MR) is 82.3 cm³/mol. The highest BCUT2D eigenvalue weighted by Crippen LogP contribution is 2.32. The Hall–Kier alpha value is -2.67. The van der Waals surface area contributed by atoms with E-state index in [4.69, 9.17) is 9.15 Å². The lowest BCUT2D eigenvalue weighted by Gasteiger charge is -2.27. The predicted octanol–water partition coefficient (Wildman–Crippen LogP) is 2.64. The second-order valence-electron chi connectivity index (χ2n) is 5.31. The second-order valence-corrected chi connectivity index (χ2v) is 5.31. The van der Waals surface area contributed by atoms with Gasteiger partial charge in [-0.25, -0.2) is 0 Å². The van der Waals surface area contributed by atoms with E-state index >= 15 is 0 Å². The SMILES string of the molecule is Cc1c(-c2ccco2)cc(C(=O)N2CCOCC2)cc1[N+](=O)[O-]. The van der Waals surface area contributed by atoms with Crippen molar-refractivity contribution in [3.63, 3.8) is 0 Å². The van der Waals surface area contributed by atoms with Crippen molar-refractivity contribution in [1.29, 1.82) is 0 Å². The lowest BCUT2D eigenvalue weighted by Crippen LogP contribution is -2.40. The Morgan fingerprint density at radius 1 is 1.30 bits per heavy atom. The molecule has 23 heavy (non-hydrogen) atoms. The third-order valence-electron chi connectivity index (χ3n) is 3.91. The van der Waals surface area contributed by atoms with Gasteiger partial charge in [-0.15, -0.1) is 0 Å². The van der Waals surface area contributed by atoms with Gasteiger partial charge in [0, 0.05) is 35.8 Å². The summed E-state index contributed by atoms with van der Waals surface area (Å²) in [5, 5.41) is 11.3. The standard InChI is InChI=1S/C16H16N2O5/c1-11-13(15-3-2-6-23-15)9-12(10-14(11)18(20)21)16(19)17-4-7-22-8-5-17/h2-3,6,9-10H,4-5,7-8H2,1H3. The van der Waals surface area contributed by atoms with E-state index in [0.717, 1.165) is 0 Å². The van der Waals surface area contributed by atoms with Crippen LogP contribution >= 0.6 is 0 Å². The van der Waals surface area contributed by atoms with E-state index in [2.05, 4.69) is 0 Å². The van der Waals surface area contributed by atoms with E-state index in [1.807, 2.05) is 0 Å². The van der Waals surface area contributed by atoms with Crippen LogP contribution < -0.4 is 0 Å². The first-order valence-electron chi connectivity index (χ1n) is 7.28. The summed E-state index contributed by atoms with van der Waals surface area (Å²) >= 11 is 0. The lowest BCUT2D eigenvalue weighted by atomic mass is 10.00. The average molecular weight is 316 g/mol. The first-order valence-corrected chi connectivity index (χ1v) is 7.28. The van der Waals surface area contributed by atoms with Gasteiger partial charge in [-0.3, -0.25) is 14.9 Å². The van der Waals surface area contributed by atoms with Crippen molar-refractivity contribution in [2.45, 2.75) is 6.92 Å². The van der Waals surface area contributed by atoms with Crippen molar-refractivity contribution < 1.29 is 18.9 Å². The Morgan fingerprint density at radius 3 is 2.65 bits per heavy atom. The van der Waals surface area contributed by atoms with Gasteiger partial charge in [-0.2, -0.15) is 0 Å². The maximum atomic E-state index is 12.6. The molecule has 1 aromatic carbocycles. The molecule has 0 aliphatic carbocycles. The number of rotatable bonds is 3. The molecule has 0 N–H and O–H groups in total. The summed E-state index contributed by atoms with van der Waals surface area (Å²) in [6.07, 6.45) is 1.50. The van der Waals surface area contributed by atoms with Gasteiger partial charge >= 0.3 is 0 Å². The van der Waals surface area contributed by atoms with Gasteiger partial charge in [0.05, 0.1) is 24.4 Å². The van der Waals surface area contributed by atoms with Crippen LogP contribution in [0.1, 0.15) is 15.9 Å². The van der Waals surface area contributed by atoms with Crippen molar-refractivity contribution in [2.75, 3.05) is 26.3 Å². The third kappa shape index (κ3) is 2.95. The molecule has 3 rings (SSSR count).